The number of hydrogen-bond donors (Lipinski definition) is 2. The molecule has 0 aliphatic rings. The number of aliphatic carboxylic acids is 1. The van der Waals surface area contributed by atoms with E-state index in [0.29, 0.717) is 49.8 Å². The maximum atomic E-state index is 13.0. The lowest BCUT2D eigenvalue weighted by molar-refractivity contribution is -0.385. The van der Waals surface area contributed by atoms with Crippen LogP contribution in [-0.2, 0) is 20.7 Å². The van der Waals surface area contributed by atoms with Gasteiger partial charge >= 0.3 is 12.0 Å². The average molecular weight is 532 g/mol. The zero-order valence-corrected chi connectivity index (χ0v) is 22.2. The fraction of sp³-hybridized carbons (Fsp3) is 0.481. The number of carbonyl (C=O) groups excluding carboxylic acids is 1. The Labute approximate surface area is 222 Å². The summed E-state index contributed by atoms with van der Waals surface area (Å²) in [6.45, 7) is 7.79. The molecule has 0 aromatic heterocycles. The van der Waals surface area contributed by atoms with Gasteiger partial charge in [-0.05, 0) is 50.5 Å². The molecular formula is C27H37N3O8. The number of amides is 2. The normalized spacial score (nSPS) is 11.6. The number of ether oxygens (including phenoxy) is 3. The Kier molecular flexibility index (Phi) is 13.0. The van der Waals surface area contributed by atoms with Crippen LogP contribution in [0.5, 0.6) is 5.75 Å². The summed E-state index contributed by atoms with van der Waals surface area (Å²) >= 11 is 0. The number of rotatable bonds is 17. The summed E-state index contributed by atoms with van der Waals surface area (Å²) in [6, 6.07) is 11.2. The van der Waals surface area contributed by atoms with Gasteiger partial charge in [0.25, 0.3) is 5.69 Å². The summed E-state index contributed by atoms with van der Waals surface area (Å²) in [6.07, 6.45) is 0.872. The summed E-state index contributed by atoms with van der Waals surface area (Å²) in [5, 5.41) is 23.2. The number of hydrogen-bond acceptors (Lipinski definition) is 7. The SMILES string of the molecule is CCCOCCCN(CCOc1ccc(CC(OCC)C(=O)O)cc1)C(=O)Nc1ccc(C)c([N+](=O)[O-])c1. The molecule has 11 nitrogen and oxygen atoms in total. The van der Waals surface area contributed by atoms with Crippen LogP contribution >= 0.6 is 0 Å². The van der Waals surface area contributed by atoms with E-state index >= 15 is 0 Å². The van der Waals surface area contributed by atoms with Crippen LogP contribution in [0.3, 0.4) is 0 Å². The number of aryl methyl sites for hydroxylation is 1. The summed E-state index contributed by atoms with van der Waals surface area (Å²) in [5.41, 5.74) is 1.58. The smallest absolute Gasteiger partial charge is 0.333 e. The van der Waals surface area contributed by atoms with Gasteiger partial charge in [-0.3, -0.25) is 10.1 Å². The molecule has 208 valence electrons. The van der Waals surface area contributed by atoms with Crippen molar-refractivity contribution >= 4 is 23.4 Å². The van der Waals surface area contributed by atoms with E-state index in [1.807, 2.05) is 6.92 Å². The van der Waals surface area contributed by atoms with Gasteiger partial charge in [0.15, 0.2) is 6.10 Å². The third-order valence-electron chi connectivity index (χ3n) is 5.63. The Morgan fingerprint density at radius 2 is 1.82 bits per heavy atom. The Hall–Kier alpha value is -3.70. The second kappa shape index (κ2) is 16.2. The van der Waals surface area contributed by atoms with Crippen molar-refractivity contribution in [3.05, 3.63) is 63.7 Å². The number of nitro benzene ring substituents is 1. The molecule has 11 heteroatoms. The minimum Gasteiger partial charge on any atom is -0.492 e. The monoisotopic (exact) mass is 531 g/mol. The van der Waals surface area contributed by atoms with E-state index in [-0.39, 0.29) is 25.3 Å². The molecule has 2 rings (SSSR count). The number of carbonyl (C=O) groups is 2. The lowest BCUT2D eigenvalue weighted by Crippen LogP contribution is -2.39. The molecule has 0 spiro atoms. The Balaban J connectivity index is 1.97. The molecule has 2 aromatic carbocycles. The standard InChI is InChI=1S/C27H37N3O8/c1-4-15-36-16-6-13-29(27(33)28-22-10-7-20(3)24(19-22)30(34)35)14-17-38-23-11-8-21(9-12-23)18-25(26(31)32)37-5-2/h7-12,19,25H,4-6,13-18H2,1-3H3,(H,28,33)(H,31,32). The van der Waals surface area contributed by atoms with Crippen LogP contribution in [0.4, 0.5) is 16.2 Å². The molecule has 2 N–H and O–H groups in total. The first kappa shape index (κ1) is 30.5. The molecule has 1 unspecified atom stereocenters. The van der Waals surface area contributed by atoms with Crippen LogP contribution in [0.15, 0.2) is 42.5 Å². The first-order valence-electron chi connectivity index (χ1n) is 12.7. The highest BCUT2D eigenvalue weighted by Crippen LogP contribution is 2.22. The van der Waals surface area contributed by atoms with Gasteiger partial charge in [0.05, 0.1) is 11.5 Å². The number of anilines is 1. The zero-order valence-electron chi connectivity index (χ0n) is 22.2. The van der Waals surface area contributed by atoms with E-state index in [1.165, 1.54) is 6.07 Å². The van der Waals surface area contributed by atoms with Gasteiger partial charge in [-0.15, -0.1) is 0 Å². The highest BCUT2D eigenvalue weighted by Gasteiger charge is 2.19. The number of urea groups is 1. The average Bonchev–Trinajstić information content (AvgIpc) is 2.89. The fourth-order valence-electron chi connectivity index (χ4n) is 3.63. The third-order valence-corrected chi connectivity index (χ3v) is 5.63. The van der Waals surface area contributed by atoms with E-state index in [2.05, 4.69) is 5.32 Å². The van der Waals surface area contributed by atoms with Gasteiger partial charge in [-0.25, -0.2) is 9.59 Å². The van der Waals surface area contributed by atoms with Crippen molar-refractivity contribution in [3.8, 4) is 5.75 Å². The van der Waals surface area contributed by atoms with Crippen molar-refractivity contribution < 1.29 is 33.8 Å². The molecule has 1 atom stereocenters. The molecule has 0 fully saturated rings. The lowest BCUT2D eigenvalue weighted by Gasteiger charge is -2.23. The fourth-order valence-corrected chi connectivity index (χ4v) is 3.63. The zero-order chi connectivity index (χ0) is 27.9. The summed E-state index contributed by atoms with van der Waals surface area (Å²) in [5.74, 6) is -0.427. The van der Waals surface area contributed by atoms with Crippen molar-refractivity contribution in [3.63, 3.8) is 0 Å². The van der Waals surface area contributed by atoms with E-state index < -0.39 is 23.0 Å². The van der Waals surface area contributed by atoms with Gasteiger partial charge in [-0.2, -0.15) is 0 Å². The molecule has 0 saturated heterocycles. The topological polar surface area (TPSA) is 140 Å². The molecule has 2 aromatic rings. The Morgan fingerprint density at radius 1 is 1.08 bits per heavy atom. The second-order valence-corrected chi connectivity index (χ2v) is 8.62. The Morgan fingerprint density at radius 3 is 2.45 bits per heavy atom. The predicted molar refractivity (Wildman–Crippen MR) is 143 cm³/mol. The van der Waals surface area contributed by atoms with Crippen LogP contribution in [0.1, 0.15) is 37.8 Å². The maximum absolute atomic E-state index is 13.0. The molecule has 2 amide bonds. The van der Waals surface area contributed by atoms with E-state index in [9.17, 15) is 24.8 Å². The van der Waals surface area contributed by atoms with Gasteiger partial charge in [0, 0.05) is 50.1 Å². The number of carboxylic acid groups (broad SMARTS) is 1. The van der Waals surface area contributed by atoms with Crippen molar-refractivity contribution in [2.75, 3.05) is 44.8 Å². The van der Waals surface area contributed by atoms with Gasteiger partial charge in [0.1, 0.15) is 12.4 Å². The van der Waals surface area contributed by atoms with Gasteiger partial charge in [-0.1, -0.05) is 25.1 Å². The van der Waals surface area contributed by atoms with Crippen molar-refractivity contribution in [1.29, 1.82) is 0 Å². The molecule has 0 saturated carbocycles. The number of nitrogens with one attached hydrogen (secondary N) is 1. The van der Waals surface area contributed by atoms with E-state index in [0.717, 1.165) is 12.0 Å². The molecule has 0 radical (unpaired) electrons. The molecule has 38 heavy (non-hydrogen) atoms. The Bertz CT molecular complexity index is 1050. The van der Waals surface area contributed by atoms with Gasteiger partial charge in [0.2, 0.25) is 0 Å². The minimum atomic E-state index is -1.01. The highest BCUT2D eigenvalue weighted by atomic mass is 16.6. The second-order valence-electron chi connectivity index (χ2n) is 8.62. The minimum absolute atomic E-state index is 0.0648. The number of carboxylic acids is 1. The van der Waals surface area contributed by atoms with Crippen LogP contribution in [0.2, 0.25) is 0 Å². The number of nitrogens with zero attached hydrogens (tertiary/aromatic N) is 2. The van der Waals surface area contributed by atoms with Crippen LogP contribution in [0.25, 0.3) is 0 Å². The first-order chi connectivity index (χ1) is 18.2. The van der Waals surface area contributed by atoms with Crippen molar-refractivity contribution in [1.82, 2.24) is 4.90 Å². The maximum Gasteiger partial charge on any atom is 0.333 e. The first-order valence-corrected chi connectivity index (χ1v) is 12.7. The highest BCUT2D eigenvalue weighted by molar-refractivity contribution is 5.89. The van der Waals surface area contributed by atoms with Crippen LogP contribution in [0, 0.1) is 17.0 Å². The van der Waals surface area contributed by atoms with Crippen LogP contribution in [-0.4, -0.2) is 72.6 Å². The van der Waals surface area contributed by atoms with Gasteiger partial charge < -0.3 is 29.5 Å². The molecule has 0 bridgehead atoms. The van der Waals surface area contributed by atoms with Crippen molar-refractivity contribution in [2.24, 2.45) is 0 Å². The lowest BCUT2D eigenvalue weighted by atomic mass is 10.1. The van der Waals surface area contributed by atoms with E-state index in [4.69, 9.17) is 14.2 Å². The van der Waals surface area contributed by atoms with Crippen molar-refractivity contribution in [2.45, 2.75) is 46.1 Å². The number of benzene rings is 2. The molecule has 0 aliphatic heterocycles. The quantitative estimate of drug-likeness (QED) is 0.171. The summed E-state index contributed by atoms with van der Waals surface area (Å²) in [7, 11) is 0. The summed E-state index contributed by atoms with van der Waals surface area (Å²) < 4.78 is 16.6. The number of nitro groups is 1. The largest absolute Gasteiger partial charge is 0.492 e. The summed E-state index contributed by atoms with van der Waals surface area (Å²) in [4.78, 5) is 36.6. The van der Waals surface area contributed by atoms with E-state index in [1.54, 1.807) is 55.1 Å². The van der Waals surface area contributed by atoms with Crippen LogP contribution < -0.4 is 10.1 Å². The predicted octanol–water partition coefficient (Wildman–Crippen LogP) is 4.67. The molecular weight excluding hydrogens is 494 g/mol. The molecule has 0 aliphatic carbocycles. The third kappa shape index (κ3) is 10.3. The molecule has 0 heterocycles.